The van der Waals surface area contributed by atoms with E-state index in [1.807, 2.05) is 0 Å². The normalized spacial score (nSPS) is 21.7. The van der Waals surface area contributed by atoms with Crippen LogP contribution >= 0.6 is 0 Å². The van der Waals surface area contributed by atoms with Crippen molar-refractivity contribution < 1.29 is 9.47 Å². The maximum atomic E-state index is 6.20. The molecule has 1 aliphatic heterocycles. The van der Waals surface area contributed by atoms with Crippen LogP contribution in [0.2, 0.25) is 0 Å². The minimum Gasteiger partial charge on any atom is -0.491 e. The number of hydrogen-bond donors (Lipinski definition) is 1. The van der Waals surface area contributed by atoms with Gasteiger partial charge in [0.1, 0.15) is 12.4 Å². The number of hydrogen-bond acceptors (Lipinski definition) is 3. The molecule has 0 radical (unpaired) electrons. The summed E-state index contributed by atoms with van der Waals surface area (Å²) in [5, 5.41) is 6.37. The van der Waals surface area contributed by atoms with Crippen molar-refractivity contribution in [2.75, 3.05) is 13.2 Å². The molecule has 1 heterocycles. The zero-order valence-corrected chi connectivity index (χ0v) is 15.0. The van der Waals surface area contributed by atoms with Crippen LogP contribution in [-0.2, 0) is 11.3 Å². The fourth-order valence-corrected chi connectivity index (χ4v) is 4.15. The molecule has 2 aromatic carbocycles. The highest BCUT2D eigenvalue weighted by Gasteiger charge is 2.18. The predicted octanol–water partition coefficient (Wildman–Crippen LogP) is 4.82. The highest BCUT2D eigenvalue weighted by Crippen LogP contribution is 2.29. The van der Waals surface area contributed by atoms with Crippen LogP contribution in [0.3, 0.4) is 0 Å². The molecule has 2 aliphatic rings. The fourth-order valence-electron chi connectivity index (χ4n) is 4.15. The summed E-state index contributed by atoms with van der Waals surface area (Å²) in [6, 6.07) is 13.6. The first-order chi connectivity index (χ1) is 12.4. The third-order valence-corrected chi connectivity index (χ3v) is 5.62. The van der Waals surface area contributed by atoms with Crippen LogP contribution in [0.15, 0.2) is 36.4 Å². The molecule has 134 valence electrons. The van der Waals surface area contributed by atoms with Crippen molar-refractivity contribution in [1.82, 2.24) is 5.32 Å². The Hall–Kier alpha value is -1.58. The van der Waals surface area contributed by atoms with Crippen molar-refractivity contribution in [3.8, 4) is 5.75 Å². The Morgan fingerprint density at radius 3 is 2.68 bits per heavy atom. The van der Waals surface area contributed by atoms with Crippen LogP contribution in [0.4, 0.5) is 0 Å². The van der Waals surface area contributed by atoms with Gasteiger partial charge in [-0.15, -0.1) is 0 Å². The van der Waals surface area contributed by atoms with Gasteiger partial charge >= 0.3 is 0 Å². The van der Waals surface area contributed by atoms with Crippen LogP contribution in [-0.4, -0.2) is 25.4 Å². The van der Waals surface area contributed by atoms with Crippen LogP contribution in [0.25, 0.3) is 10.8 Å². The standard InChI is InChI=1S/C22H29NO2/c1-2-8-18(9-3-1)23-15-21-20-11-5-4-7-17(20)12-13-22(21)25-16-19-10-6-14-24-19/h4-5,7,11-13,18-19,23H,1-3,6,8-10,14-16H2. The molecule has 1 N–H and O–H groups in total. The van der Waals surface area contributed by atoms with Gasteiger partial charge in [-0.3, -0.25) is 0 Å². The second kappa shape index (κ2) is 8.20. The highest BCUT2D eigenvalue weighted by molar-refractivity contribution is 5.87. The summed E-state index contributed by atoms with van der Waals surface area (Å²) in [5.41, 5.74) is 1.29. The molecule has 1 unspecified atom stereocenters. The Labute approximate surface area is 150 Å². The van der Waals surface area contributed by atoms with E-state index < -0.39 is 0 Å². The first-order valence-corrected chi connectivity index (χ1v) is 9.88. The zero-order valence-electron chi connectivity index (χ0n) is 15.0. The summed E-state index contributed by atoms with van der Waals surface area (Å²) in [6.45, 7) is 2.42. The smallest absolute Gasteiger partial charge is 0.124 e. The van der Waals surface area contributed by atoms with Gasteiger partial charge in [-0.25, -0.2) is 0 Å². The number of ether oxygens (including phenoxy) is 2. The van der Waals surface area contributed by atoms with Crippen molar-refractivity contribution in [3.05, 3.63) is 42.0 Å². The fraction of sp³-hybridized carbons (Fsp3) is 0.545. The van der Waals surface area contributed by atoms with E-state index in [4.69, 9.17) is 9.47 Å². The summed E-state index contributed by atoms with van der Waals surface area (Å²) in [5.74, 6) is 1.01. The van der Waals surface area contributed by atoms with Gasteiger partial charge in [0.2, 0.25) is 0 Å². The molecule has 1 saturated heterocycles. The minimum absolute atomic E-state index is 0.255. The van der Waals surface area contributed by atoms with Gasteiger partial charge < -0.3 is 14.8 Å². The second-order valence-electron chi connectivity index (χ2n) is 7.43. The lowest BCUT2D eigenvalue weighted by Gasteiger charge is -2.24. The van der Waals surface area contributed by atoms with E-state index in [2.05, 4.69) is 41.7 Å². The molecule has 4 rings (SSSR count). The van der Waals surface area contributed by atoms with Gasteiger partial charge in [-0.2, -0.15) is 0 Å². The maximum Gasteiger partial charge on any atom is 0.124 e. The van der Waals surface area contributed by atoms with Crippen LogP contribution in [0.1, 0.15) is 50.5 Å². The quantitative estimate of drug-likeness (QED) is 0.818. The summed E-state index contributed by atoms with van der Waals surface area (Å²) < 4.78 is 11.9. The molecule has 0 spiro atoms. The Bertz CT molecular complexity index is 687. The number of rotatable bonds is 6. The lowest BCUT2D eigenvalue weighted by molar-refractivity contribution is 0.0676. The molecule has 25 heavy (non-hydrogen) atoms. The summed E-state index contributed by atoms with van der Waals surface area (Å²) in [7, 11) is 0. The van der Waals surface area contributed by atoms with Gasteiger partial charge in [0.15, 0.2) is 0 Å². The Kier molecular flexibility index (Phi) is 5.53. The van der Waals surface area contributed by atoms with Gasteiger partial charge in [0.05, 0.1) is 6.10 Å². The SMILES string of the molecule is c1ccc2c(CNC3CCCCC3)c(OCC3CCCO3)ccc2c1. The first-order valence-electron chi connectivity index (χ1n) is 9.88. The van der Waals surface area contributed by atoms with Crippen LogP contribution < -0.4 is 10.1 Å². The highest BCUT2D eigenvalue weighted by atomic mass is 16.5. The van der Waals surface area contributed by atoms with E-state index in [-0.39, 0.29) is 6.10 Å². The van der Waals surface area contributed by atoms with Gasteiger partial charge in [0.25, 0.3) is 0 Å². The van der Waals surface area contributed by atoms with E-state index in [9.17, 15) is 0 Å². The third-order valence-electron chi connectivity index (χ3n) is 5.62. The molecule has 3 heteroatoms. The number of fused-ring (bicyclic) bond motifs is 1. The Morgan fingerprint density at radius 2 is 1.84 bits per heavy atom. The maximum absolute atomic E-state index is 6.20. The second-order valence-corrected chi connectivity index (χ2v) is 7.43. The number of nitrogens with one attached hydrogen (secondary N) is 1. The van der Waals surface area contributed by atoms with E-state index in [0.29, 0.717) is 12.6 Å². The van der Waals surface area contributed by atoms with Gasteiger partial charge in [0, 0.05) is 24.8 Å². The molecule has 2 aromatic rings. The molecule has 1 aliphatic carbocycles. The van der Waals surface area contributed by atoms with Crippen molar-refractivity contribution >= 4 is 10.8 Å². The summed E-state index contributed by atoms with van der Waals surface area (Å²) in [4.78, 5) is 0. The summed E-state index contributed by atoms with van der Waals surface area (Å²) in [6.07, 6.45) is 9.23. The van der Waals surface area contributed by atoms with Crippen molar-refractivity contribution in [1.29, 1.82) is 0 Å². The molecule has 0 bridgehead atoms. The molecule has 3 nitrogen and oxygen atoms in total. The third kappa shape index (κ3) is 4.16. The summed E-state index contributed by atoms with van der Waals surface area (Å²) >= 11 is 0. The first kappa shape index (κ1) is 16.9. The minimum atomic E-state index is 0.255. The lowest BCUT2D eigenvalue weighted by atomic mass is 9.95. The molecule has 1 saturated carbocycles. The van der Waals surface area contributed by atoms with E-state index in [0.717, 1.165) is 31.7 Å². The molecule has 0 amide bonds. The van der Waals surface area contributed by atoms with E-state index in [1.54, 1.807) is 0 Å². The van der Waals surface area contributed by atoms with Crippen LogP contribution in [0, 0.1) is 0 Å². The topological polar surface area (TPSA) is 30.5 Å². The van der Waals surface area contributed by atoms with Crippen LogP contribution in [0.5, 0.6) is 5.75 Å². The van der Waals surface area contributed by atoms with E-state index >= 15 is 0 Å². The number of benzene rings is 2. The Morgan fingerprint density at radius 1 is 0.960 bits per heavy atom. The molecular weight excluding hydrogens is 310 g/mol. The molecule has 1 atom stereocenters. The average Bonchev–Trinajstić information content (AvgIpc) is 3.19. The van der Waals surface area contributed by atoms with Crippen molar-refractivity contribution in [3.63, 3.8) is 0 Å². The van der Waals surface area contributed by atoms with Gasteiger partial charge in [-0.05, 0) is 42.5 Å². The van der Waals surface area contributed by atoms with Crippen molar-refractivity contribution in [2.24, 2.45) is 0 Å². The average molecular weight is 339 g/mol. The molecule has 2 fully saturated rings. The van der Waals surface area contributed by atoms with Gasteiger partial charge in [-0.1, -0.05) is 49.6 Å². The monoisotopic (exact) mass is 339 g/mol. The largest absolute Gasteiger partial charge is 0.491 e. The molecular formula is C22H29NO2. The lowest BCUT2D eigenvalue weighted by Crippen LogP contribution is -2.30. The predicted molar refractivity (Wildman–Crippen MR) is 102 cm³/mol. The Balaban J connectivity index is 1.52. The zero-order chi connectivity index (χ0) is 16.9. The van der Waals surface area contributed by atoms with Crippen molar-refractivity contribution in [2.45, 2.75) is 63.6 Å². The molecule has 0 aromatic heterocycles. The van der Waals surface area contributed by atoms with E-state index in [1.165, 1.54) is 48.4 Å².